The third-order valence-corrected chi connectivity index (χ3v) is 5.80. The quantitative estimate of drug-likeness (QED) is 0.905. The third-order valence-electron chi connectivity index (χ3n) is 3.84. The minimum Gasteiger partial charge on any atom is -0.326 e. The fourth-order valence-electron chi connectivity index (χ4n) is 2.34. The SMILES string of the molecule is Cc1ccccc1CC(=O)Nc1ccc(C)c(S(=O)(=O)N(C)C)c1. The van der Waals surface area contributed by atoms with Gasteiger partial charge in [-0.25, -0.2) is 12.7 Å². The molecule has 0 aliphatic carbocycles. The molecule has 2 aromatic carbocycles. The zero-order valence-electron chi connectivity index (χ0n) is 14.3. The Balaban J connectivity index is 2.22. The Hall–Kier alpha value is -2.18. The molecule has 5 nitrogen and oxygen atoms in total. The van der Waals surface area contributed by atoms with Gasteiger partial charge in [0.15, 0.2) is 0 Å². The first kappa shape index (κ1) is 18.2. The Morgan fingerprint density at radius 2 is 1.71 bits per heavy atom. The molecule has 0 spiro atoms. The second-order valence-electron chi connectivity index (χ2n) is 5.92. The maximum Gasteiger partial charge on any atom is 0.242 e. The van der Waals surface area contributed by atoms with Crippen LogP contribution in [0.15, 0.2) is 47.4 Å². The van der Waals surface area contributed by atoms with Crippen LogP contribution in [0.5, 0.6) is 0 Å². The van der Waals surface area contributed by atoms with Crippen molar-refractivity contribution in [1.82, 2.24) is 4.31 Å². The third kappa shape index (κ3) is 4.01. The summed E-state index contributed by atoms with van der Waals surface area (Å²) in [5, 5.41) is 2.77. The van der Waals surface area contributed by atoms with Crippen molar-refractivity contribution >= 4 is 21.6 Å². The van der Waals surface area contributed by atoms with Crippen LogP contribution >= 0.6 is 0 Å². The monoisotopic (exact) mass is 346 g/mol. The van der Waals surface area contributed by atoms with Gasteiger partial charge in [-0.1, -0.05) is 30.3 Å². The lowest BCUT2D eigenvalue weighted by Crippen LogP contribution is -2.23. The highest BCUT2D eigenvalue weighted by atomic mass is 32.2. The smallest absolute Gasteiger partial charge is 0.242 e. The van der Waals surface area contributed by atoms with Gasteiger partial charge < -0.3 is 5.32 Å². The molecule has 0 saturated carbocycles. The first-order chi connectivity index (χ1) is 11.2. The predicted molar refractivity (Wildman–Crippen MR) is 95.6 cm³/mol. The van der Waals surface area contributed by atoms with Crippen LogP contribution in [0.25, 0.3) is 0 Å². The molecule has 0 heterocycles. The molecule has 0 fully saturated rings. The van der Waals surface area contributed by atoms with Gasteiger partial charge in [0.05, 0.1) is 11.3 Å². The van der Waals surface area contributed by atoms with Gasteiger partial charge in [0, 0.05) is 19.8 Å². The lowest BCUT2D eigenvalue weighted by Gasteiger charge is -2.15. The Labute approximate surface area is 143 Å². The topological polar surface area (TPSA) is 66.5 Å². The zero-order chi connectivity index (χ0) is 17.9. The molecule has 0 radical (unpaired) electrons. The molecule has 0 aliphatic rings. The Kier molecular flexibility index (Phi) is 5.41. The van der Waals surface area contributed by atoms with Crippen molar-refractivity contribution in [3.05, 3.63) is 59.2 Å². The number of nitrogens with one attached hydrogen (secondary N) is 1. The summed E-state index contributed by atoms with van der Waals surface area (Å²) in [4.78, 5) is 12.4. The molecule has 0 atom stereocenters. The van der Waals surface area contributed by atoms with Crippen LogP contribution < -0.4 is 5.32 Å². The summed E-state index contributed by atoms with van der Waals surface area (Å²) in [5.41, 5.74) is 3.11. The highest BCUT2D eigenvalue weighted by Gasteiger charge is 2.20. The lowest BCUT2D eigenvalue weighted by atomic mass is 10.1. The van der Waals surface area contributed by atoms with Crippen molar-refractivity contribution in [1.29, 1.82) is 0 Å². The van der Waals surface area contributed by atoms with Gasteiger partial charge >= 0.3 is 0 Å². The highest BCUT2D eigenvalue weighted by Crippen LogP contribution is 2.22. The van der Waals surface area contributed by atoms with Gasteiger partial charge in [-0.2, -0.15) is 0 Å². The first-order valence-corrected chi connectivity index (χ1v) is 9.03. The summed E-state index contributed by atoms with van der Waals surface area (Å²) < 4.78 is 25.8. The molecule has 2 rings (SSSR count). The number of benzene rings is 2. The molecule has 6 heteroatoms. The Bertz CT molecular complexity index is 858. The average Bonchev–Trinajstić information content (AvgIpc) is 2.51. The van der Waals surface area contributed by atoms with E-state index in [0.29, 0.717) is 11.3 Å². The van der Waals surface area contributed by atoms with E-state index < -0.39 is 10.0 Å². The number of nitrogens with zero attached hydrogens (tertiary/aromatic N) is 1. The zero-order valence-corrected chi connectivity index (χ0v) is 15.1. The van der Waals surface area contributed by atoms with Gasteiger partial charge in [-0.05, 0) is 42.7 Å². The Morgan fingerprint density at radius 3 is 2.33 bits per heavy atom. The van der Waals surface area contributed by atoms with Crippen LogP contribution in [0.1, 0.15) is 16.7 Å². The molecular formula is C18H22N2O3S. The number of carbonyl (C=O) groups excluding carboxylic acids is 1. The van der Waals surface area contributed by atoms with E-state index >= 15 is 0 Å². The van der Waals surface area contributed by atoms with Crippen molar-refractivity contribution in [2.24, 2.45) is 0 Å². The van der Waals surface area contributed by atoms with E-state index in [2.05, 4.69) is 5.32 Å². The number of amides is 1. The van der Waals surface area contributed by atoms with Gasteiger partial charge in [-0.15, -0.1) is 0 Å². The number of hydrogen-bond acceptors (Lipinski definition) is 3. The van der Waals surface area contributed by atoms with E-state index in [1.807, 2.05) is 31.2 Å². The standard InChI is InChI=1S/C18H22N2O3S/c1-13-7-5-6-8-15(13)11-18(21)19-16-10-9-14(2)17(12-16)24(22,23)20(3)4/h5-10,12H,11H2,1-4H3,(H,19,21). The minimum atomic E-state index is -3.55. The van der Waals surface area contributed by atoms with Gasteiger partial charge in [-0.3, -0.25) is 4.79 Å². The Morgan fingerprint density at radius 1 is 1.04 bits per heavy atom. The number of sulfonamides is 1. The van der Waals surface area contributed by atoms with Crippen LogP contribution in [-0.4, -0.2) is 32.7 Å². The van der Waals surface area contributed by atoms with Crippen LogP contribution in [0.2, 0.25) is 0 Å². The molecule has 0 aromatic heterocycles. The summed E-state index contributed by atoms with van der Waals surface area (Å²) in [7, 11) is -0.581. The molecule has 128 valence electrons. The van der Waals surface area contributed by atoms with E-state index in [1.54, 1.807) is 19.1 Å². The molecule has 2 aromatic rings. The number of rotatable bonds is 5. The van der Waals surface area contributed by atoms with Crippen molar-refractivity contribution in [3.8, 4) is 0 Å². The molecule has 24 heavy (non-hydrogen) atoms. The van der Waals surface area contributed by atoms with E-state index in [1.165, 1.54) is 20.2 Å². The summed E-state index contributed by atoms with van der Waals surface area (Å²) >= 11 is 0. The van der Waals surface area contributed by atoms with E-state index in [-0.39, 0.29) is 17.2 Å². The van der Waals surface area contributed by atoms with E-state index in [9.17, 15) is 13.2 Å². The van der Waals surface area contributed by atoms with Gasteiger partial charge in [0.1, 0.15) is 0 Å². The fraction of sp³-hybridized carbons (Fsp3) is 0.278. The van der Waals surface area contributed by atoms with Crippen LogP contribution in [-0.2, 0) is 21.2 Å². The summed E-state index contributed by atoms with van der Waals surface area (Å²) in [6.07, 6.45) is 0.246. The number of hydrogen-bond donors (Lipinski definition) is 1. The molecule has 0 bridgehead atoms. The first-order valence-electron chi connectivity index (χ1n) is 7.59. The minimum absolute atomic E-state index is 0.179. The maximum absolute atomic E-state index is 12.3. The maximum atomic E-state index is 12.3. The van der Waals surface area contributed by atoms with Gasteiger partial charge in [0.25, 0.3) is 0 Å². The van der Waals surface area contributed by atoms with Crippen LogP contribution in [0, 0.1) is 13.8 Å². The molecule has 0 saturated heterocycles. The molecule has 0 unspecified atom stereocenters. The highest BCUT2D eigenvalue weighted by molar-refractivity contribution is 7.89. The van der Waals surface area contributed by atoms with Crippen LogP contribution in [0.4, 0.5) is 5.69 Å². The number of carbonyl (C=O) groups is 1. The average molecular weight is 346 g/mol. The second kappa shape index (κ2) is 7.15. The van der Waals surface area contributed by atoms with Crippen molar-refractivity contribution in [3.63, 3.8) is 0 Å². The summed E-state index contributed by atoms with van der Waals surface area (Å²) in [5.74, 6) is -0.179. The fourth-order valence-corrected chi connectivity index (χ4v) is 3.48. The van der Waals surface area contributed by atoms with Crippen LogP contribution in [0.3, 0.4) is 0 Å². The summed E-state index contributed by atoms with van der Waals surface area (Å²) in [6.45, 7) is 3.69. The molecule has 1 N–H and O–H groups in total. The molecular weight excluding hydrogens is 324 g/mol. The van der Waals surface area contributed by atoms with Gasteiger partial charge in [0.2, 0.25) is 15.9 Å². The van der Waals surface area contributed by atoms with E-state index in [0.717, 1.165) is 15.4 Å². The lowest BCUT2D eigenvalue weighted by molar-refractivity contribution is -0.115. The number of anilines is 1. The summed E-state index contributed by atoms with van der Waals surface area (Å²) in [6, 6.07) is 12.6. The second-order valence-corrected chi connectivity index (χ2v) is 8.04. The largest absolute Gasteiger partial charge is 0.326 e. The predicted octanol–water partition coefficient (Wildman–Crippen LogP) is 2.73. The number of aryl methyl sites for hydroxylation is 2. The van der Waals surface area contributed by atoms with Crippen molar-refractivity contribution in [2.75, 3.05) is 19.4 Å². The van der Waals surface area contributed by atoms with Crippen molar-refractivity contribution < 1.29 is 13.2 Å². The normalized spacial score (nSPS) is 11.5. The molecule has 0 aliphatic heterocycles. The van der Waals surface area contributed by atoms with E-state index in [4.69, 9.17) is 0 Å². The molecule has 1 amide bonds. The van der Waals surface area contributed by atoms with Crippen molar-refractivity contribution in [2.45, 2.75) is 25.2 Å².